The molecule has 1 heterocycles. The van der Waals surface area contributed by atoms with Gasteiger partial charge in [-0.25, -0.2) is 4.68 Å². The summed E-state index contributed by atoms with van der Waals surface area (Å²) in [6.45, 7) is 4.11. The Kier molecular flexibility index (Phi) is 5.43. The molecule has 0 aliphatic rings. The Balaban J connectivity index is 2.09. The summed E-state index contributed by atoms with van der Waals surface area (Å²) in [5.74, 6) is 0. The van der Waals surface area contributed by atoms with E-state index in [-0.39, 0.29) is 0 Å². The molecule has 1 aromatic carbocycles. The van der Waals surface area contributed by atoms with Crippen LogP contribution in [0.4, 0.5) is 0 Å². The molecule has 0 bridgehead atoms. The molecule has 0 aliphatic carbocycles. The van der Waals surface area contributed by atoms with Crippen LogP contribution in [0.2, 0.25) is 10.0 Å². The zero-order valence-electron chi connectivity index (χ0n) is 11.5. The van der Waals surface area contributed by atoms with Gasteiger partial charge in [-0.3, -0.25) is 0 Å². The Hall–Kier alpha value is -1.07. The summed E-state index contributed by atoms with van der Waals surface area (Å²) >= 11 is 12.3. The van der Waals surface area contributed by atoms with E-state index >= 15 is 0 Å². The lowest BCUT2D eigenvalue weighted by Gasteiger charge is -2.08. The summed E-state index contributed by atoms with van der Waals surface area (Å²) in [5.41, 5.74) is 2.72. The lowest BCUT2D eigenvalue weighted by Crippen LogP contribution is -2.18. The van der Waals surface area contributed by atoms with Gasteiger partial charge >= 0.3 is 0 Å². The van der Waals surface area contributed by atoms with Crippen LogP contribution in [-0.2, 0) is 11.3 Å². The number of methoxy groups -OCH3 is 1. The molecular weight excluding hydrogens is 297 g/mol. The van der Waals surface area contributed by atoms with Gasteiger partial charge in [0.25, 0.3) is 0 Å². The predicted octanol–water partition coefficient (Wildman–Crippen LogP) is 3.22. The number of ether oxygens (including phenoxy) is 1. The monoisotopic (exact) mass is 313 g/mol. The van der Waals surface area contributed by atoms with Gasteiger partial charge in [-0.05, 0) is 24.6 Å². The number of hydrogen-bond acceptors (Lipinski definition) is 3. The second-order valence-corrected chi connectivity index (χ2v) is 5.28. The number of aryl methyl sites for hydroxylation is 1. The molecule has 0 saturated heterocycles. The molecule has 2 rings (SSSR count). The highest BCUT2D eigenvalue weighted by molar-refractivity contribution is 6.32. The third-order valence-electron chi connectivity index (χ3n) is 2.91. The number of aromatic nitrogens is 2. The van der Waals surface area contributed by atoms with Crippen LogP contribution in [0, 0.1) is 6.92 Å². The van der Waals surface area contributed by atoms with Crippen LogP contribution in [0.3, 0.4) is 0 Å². The van der Waals surface area contributed by atoms with E-state index in [4.69, 9.17) is 27.9 Å². The quantitative estimate of drug-likeness (QED) is 0.832. The molecule has 0 saturated carbocycles. The van der Waals surface area contributed by atoms with Gasteiger partial charge in [0.1, 0.15) is 0 Å². The van der Waals surface area contributed by atoms with E-state index in [0.29, 0.717) is 16.7 Å². The van der Waals surface area contributed by atoms with Crippen molar-refractivity contribution in [3.8, 4) is 5.69 Å². The summed E-state index contributed by atoms with van der Waals surface area (Å²) in [7, 11) is 1.69. The van der Waals surface area contributed by atoms with Gasteiger partial charge in [0, 0.05) is 26.4 Å². The molecule has 1 aromatic heterocycles. The van der Waals surface area contributed by atoms with Gasteiger partial charge in [-0.2, -0.15) is 5.10 Å². The second-order valence-electron chi connectivity index (χ2n) is 4.46. The number of rotatable bonds is 6. The third-order valence-corrected chi connectivity index (χ3v) is 3.58. The van der Waals surface area contributed by atoms with Crippen LogP contribution < -0.4 is 5.32 Å². The van der Waals surface area contributed by atoms with Crippen LogP contribution in [0.25, 0.3) is 5.69 Å². The molecule has 0 atom stereocenters. The summed E-state index contributed by atoms with van der Waals surface area (Å²) in [4.78, 5) is 0. The molecule has 6 heteroatoms. The Morgan fingerprint density at radius 2 is 2.10 bits per heavy atom. The van der Waals surface area contributed by atoms with Gasteiger partial charge in [-0.15, -0.1) is 0 Å². The lowest BCUT2D eigenvalue weighted by atomic mass is 10.2. The number of nitrogens with zero attached hydrogens (tertiary/aromatic N) is 2. The maximum absolute atomic E-state index is 6.31. The molecule has 0 fully saturated rings. The molecule has 0 unspecified atom stereocenters. The summed E-state index contributed by atoms with van der Waals surface area (Å²) in [6.07, 6.45) is 1.76. The number of benzene rings is 1. The summed E-state index contributed by atoms with van der Waals surface area (Å²) < 4.78 is 6.68. The Morgan fingerprint density at radius 1 is 1.30 bits per heavy atom. The predicted molar refractivity (Wildman–Crippen MR) is 81.9 cm³/mol. The van der Waals surface area contributed by atoms with Crippen molar-refractivity contribution in [1.82, 2.24) is 15.1 Å². The van der Waals surface area contributed by atoms with E-state index in [1.54, 1.807) is 18.0 Å². The van der Waals surface area contributed by atoms with Gasteiger partial charge in [0.2, 0.25) is 0 Å². The minimum absolute atomic E-state index is 0.631. The first kappa shape index (κ1) is 15.3. The molecule has 4 nitrogen and oxygen atoms in total. The molecule has 0 aliphatic heterocycles. The van der Waals surface area contributed by atoms with E-state index in [0.717, 1.165) is 30.0 Å². The van der Waals surface area contributed by atoms with E-state index in [1.807, 2.05) is 25.1 Å². The van der Waals surface area contributed by atoms with Crippen molar-refractivity contribution in [3.63, 3.8) is 0 Å². The maximum atomic E-state index is 6.31. The van der Waals surface area contributed by atoms with Crippen LogP contribution in [-0.4, -0.2) is 30.0 Å². The van der Waals surface area contributed by atoms with E-state index in [2.05, 4.69) is 10.4 Å². The molecular formula is C14H17Cl2N3O. The summed E-state index contributed by atoms with van der Waals surface area (Å²) in [5, 5.41) is 8.88. The molecule has 0 amide bonds. The SMILES string of the molecule is COCCNCc1ccc(-n2cc(Cl)c(C)n2)c(Cl)c1. The number of halogens is 2. The van der Waals surface area contributed by atoms with E-state index < -0.39 is 0 Å². The average molecular weight is 314 g/mol. The molecule has 1 N–H and O–H groups in total. The van der Waals surface area contributed by atoms with Crippen molar-refractivity contribution in [2.45, 2.75) is 13.5 Å². The van der Waals surface area contributed by atoms with Crippen molar-refractivity contribution in [1.29, 1.82) is 0 Å². The smallest absolute Gasteiger partial charge is 0.0832 e. The van der Waals surface area contributed by atoms with Crippen LogP contribution in [0.5, 0.6) is 0 Å². The molecule has 20 heavy (non-hydrogen) atoms. The highest BCUT2D eigenvalue weighted by atomic mass is 35.5. The standard InChI is InChI=1S/C14H17Cl2N3O/c1-10-13(16)9-19(18-10)14-4-3-11(7-12(14)15)8-17-5-6-20-2/h3-4,7,9,17H,5-6,8H2,1-2H3. The molecule has 2 aromatic rings. The van der Waals surface area contributed by atoms with Gasteiger partial charge < -0.3 is 10.1 Å². The van der Waals surface area contributed by atoms with Crippen molar-refractivity contribution < 1.29 is 4.74 Å². The van der Waals surface area contributed by atoms with Crippen molar-refractivity contribution in [3.05, 3.63) is 45.7 Å². The first-order chi connectivity index (χ1) is 9.61. The van der Waals surface area contributed by atoms with Crippen molar-refractivity contribution in [2.24, 2.45) is 0 Å². The zero-order chi connectivity index (χ0) is 14.5. The van der Waals surface area contributed by atoms with Crippen molar-refractivity contribution in [2.75, 3.05) is 20.3 Å². The highest BCUT2D eigenvalue weighted by Crippen LogP contribution is 2.24. The Labute approximate surface area is 128 Å². The summed E-state index contributed by atoms with van der Waals surface area (Å²) in [6, 6.07) is 5.89. The number of nitrogens with one attached hydrogen (secondary N) is 1. The lowest BCUT2D eigenvalue weighted by molar-refractivity contribution is 0.199. The topological polar surface area (TPSA) is 39.1 Å². The Morgan fingerprint density at radius 3 is 2.70 bits per heavy atom. The first-order valence-electron chi connectivity index (χ1n) is 6.32. The molecule has 0 spiro atoms. The average Bonchev–Trinajstić information content (AvgIpc) is 2.75. The molecule has 0 radical (unpaired) electrons. The largest absolute Gasteiger partial charge is 0.383 e. The van der Waals surface area contributed by atoms with Crippen LogP contribution >= 0.6 is 23.2 Å². The second kappa shape index (κ2) is 7.09. The Bertz CT molecular complexity index is 564. The van der Waals surface area contributed by atoms with E-state index in [1.165, 1.54) is 0 Å². The minimum atomic E-state index is 0.631. The number of hydrogen-bond donors (Lipinski definition) is 1. The normalized spacial score (nSPS) is 11.0. The fraction of sp³-hybridized carbons (Fsp3) is 0.357. The first-order valence-corrected chi connectivity index (χ1v) is 7.07. The zero-order valence-corrected chi connectivity index (χ0v) is 13.0. The maximum Gasteiger partial charge on any atom is 0.0832 e. The van der Waals surface area contributed by atoms with Crippen LogP contribution in [0.15, 0.2) is 24.4 Å². The van der Waals surface area contributed by atoms with Gasteiger partial charge in [-0.1, -0.05) is 29.3 Å². The minimum Gasteiger partial charge on any atom is -0.383 e. The van der Waals surface area contributed by atoms with Crippen molar-refractivity contribution >= 4 is 23.2 Å². The third kappa shape index (κ3) is 3.73. The van der Waals surface area contributed by atoms with Gasteiger partial charge in [0.05, 0.1) is 28.0 Å². The van der Waals surface area contributed by atoms with Gasteiger partial charge in [0.15, 0.2) is 0 Å². The molecule has 108 valence electrons. The fourth-order valence-corrected chi connectivity index (χ4v) is 2.24. The fourth-order valence-electron chi connectivity index (χ4n) is 1.82. The van der Waals surface area contributed by atoms with E-state index in [9.17, 15) is 0 Å². The van der Waals surface area contributed by atoms with Crippen LogP contribution in [0.1, 0.15) is 11.3 Å². The highest BCUT2D eigenvalue weighted by Gasteiger charge is 2.08.